The number of carbonyl (C=O) groups excluding carboxylic acids is 1. The molecule has 134 valence electrons. The number of amides is 1. The Morgan fingerprint density at radius 1 is 1.23 bits per heavy atom. The van der Waals surface area contributed by atoms with Gasteiger partial charge >= 0.3 is 0 Å². The first kappa shape index (κ1) is 16.7. The molecule has 1 aliphatic rings. The Bertz CT molecular complexity index is 935. The molecule has 3 aromatic rings. The average molecular weight is 349 g/mol. The molecule has 0 saturated carbocycles. The van der Waals surface area contributed by atoms with E-state index in [1.807, 2.05) is 48.5 Å². The Kier molecular flexibility index (Phi) is 4.17. The predicted octanol–water partition coefficient (Wildman–Crippen LogP) is 2.81. The number of nitrogens with zero attached hydrogens (tertiary/aromatic N) is 1. The largest absolute Gasteiger partial charge is 0.496 e. The molecule has 1 saturated heterocycles. The van der Waals surface area contributed by atoms with Crippen molar-refractivity contribution in [3.05, 3.63) is 65.9 Å². The van der Waals surface area contributed by atoms with Crippen molar-refractivity contribution in [3.63, 3.8) is 0 Å². The summed E-state index contributed by atoms with van der Waals surface area (Å²) in [6, 6.07) is 18.0. The minimum atomic E-state index is -0.606. The number of hydrogen-bond donors (Lipinski definition) is 2. The molecule has 1 fully saturated rings. The number of nitrogens with two attached hydrogens (primary N) is 1. The van der Waals surface area contributed by atoms with E-state index < -0.39 is 5.41 Å². The summed E-state index contributed by atoms with van der Waals surface area (Å²) in [6.07, 6.45) is 0.746. The van der Waals surface area contributed by atoms with E-state index in [1.165, 1.54) is 0 Å². The second-order valence-corrected chi connectivity index (χ2v) is 6.99. The molecule has 1 aliphatic heterocycles. The van der Waals surface area contributed by atoms with Crippen LogP contribution in [-0.4, -0.2) is 36.0 Å². The molecular formula is C21H23N3O2. The molecule has 0 spiro atoms. The number of methoxy groups -OCH3 is 1. The van der Waals surface area contributed by atoms with Crippen LogP contribution in [0.2, 0.25) is 0 Å². The summed E-state index contributed by atoms with van der Waals surface area (Å²) in [5.74, 6) is 0.617. The Morgan fingerprint density at radius 2 is 2.04 bits per heavy atom. The highest BCUT2D eigenvalue weighted by Gasteiger charge is 2.44. The SMILES string of the molecule is COc1cccc2[nH]c(CN3CCC(C(N)=O)(c4ccccc4)C3)cc12. The molecule has 1 unspecified atom stereocenters. The van der Waals surface area contributed by atoms with Gasteiger partial charge < -0.3 is 15.5 Å². The van der Waals surface area contributed by atoms with Crippen molar-refractivity contribution in [2.45, 2.75) is 18.4 Å². The molecule has 2 heterocycles. The van der Waals surface area contributed by atoms with E-state index in [9.17, 15) is 4.79 Å². The molecule has 0 radical (unpaired) electrons. The van der Waals surface area contributed by atoms with Crippen molar-refractivity contribution >= 4 is 16.8 Å². The van der Waals surface area contributed by atoms with Gasteiger partial charge in [0.1, 0.15) is 5.75 Å². The van der Waals surface area contributed by atoms with E-state index in [0.29, 0.717) is 6.54 Å². The maximum absolute atomic E-state index is 12.3. The number of H-pyrrole nitrogens is 1. The van der Waals surface area contributed by atoms with Gasteiger partial charge in [0, 0.05) is 36.2 Å². The van der Waals surface area contributed by atoms with Gasteiger partial charge in [0.05, 0.1) is 12.5 Å². The van der Waals surface area contributed by atoms with E-state index in [4.69, 9.17) is 10.5 Å². The molecule has 0 aliphatic carbocycles. The molecule has 5 heteroatoms. The predicted molar refractivity (Wildman–Crippen MR) is 102 cm³/mol. The molecule has 5 nitrogen and oxygen atoms in total. The Morgan fingerprint density at radius 3 is 2.77 bits per heavy atom. The van der Waals surface area contributed by atoms with Crippen LogP contribution in [0.15, 0.2) is 54.6 Å². The lowest BCUT2D eigenvalue weighted by Gasteiger charge is -2.26. The smallest absolute Gasteiger partial charge is 0.229 e. The lowest BCUT2D eigenvalue weighted by molar-refractivity contribution is -0.123. The van der Waals surface area contributed by atoms with Gasteiger partial charge in [0.2, 0.25) is 5.91 Å². The van der Waals surface area contributed by atoms with Crippen LogP contribution in [-0.2, 0) is 16.8 Å². The quantitative estimate of drug-likeness (QED) is 0.744. The highest BCUT2D eigenvalue weighted by Crippen LogP contribution is 2.35. The normalized spacial score (nSPS) is 20.5. The molecule has 1 atom stereocenters. The number of carbonyl (C=O) groups is 1. The molecule has 0 bridgehead atoms. The summed E-state index contributed by atoms with van der Waals surface area (Å²) in [5.41, 5.74) is 8.40. The fraction of sp³-hybridized carbons (Fsp3) is 0.286. The number of primary amides is 1. The number of hydrogen-bond acceptors (Lipinski definition) is 3. The van der Waals surface area contributed by atoms with Crippen LogP contribution in [0.3, 0.4) is 0 Å². The van der Waals surface area contributed by atoms with Gasteiger partial charge in [-0.1, -0.05) is 36.4 Å². The molecule has 3 N–H and O–H groups in total. The third-order valence-electron chi connectivity index (χ3n) is 5.44. The second kappa shape index (κ2) is 6.50. The third kappa shape index (κ3) is 2.74. The van der Waals surface area contributed by atoms with Crippen LogP contribution in [0.5, 0.6) is 5.75 Å². The Labute approximate surface area is 152 Å². The lowest BCUT2D eigenvalue weighted by atomic mass is 9.79. The number of aromatic amines is 1. The fourth-order valence-corrected chi connectivity index (χ4v) is 4.05. The van der Waals surface area contributed by atoms with Crippen LogP contribution in [0.4, 0.5) is 0 Å². The zero-order valence-corrected chi connectivity index (χ0v) is 14.9. The summed E-state index contributed by atoms with van der Waals surface area (Å²) in [4.78, 5) is 18.1. The molecule has 4 rings (SSSR count). The maximum atomic E-state index is 12.3. The number of benzene rings is 2. The van der Waals surface area contributed by atoms with Crippen molar-refractivity contribution in [1.29, 1.82) is 0 Å². The number of nitrogens with one attached hydrogen (secondary N) is 1. The monoisotopic (exact) mass is 349 g/mol. The highest BCUT2D eigenvalue weighted by molar-refractivity contribution is 5.88. The van der Waals surface area contributed by atoms with Crippen molar-refractivity contribution in [3.8, 4) is 5.75 Å². The summed E-state index contributed by atoms with van der Waals surface area (Å²) >= 11 is 0. The lowest BCUT2D eigenvalue weighted by Crippen LogP contribution is -2.43. The van der Waals surface area contributed by atoms with Crippen LogP contribution < -0.4 is 10.5 Å². The zero-order valence-electron chi connectivity index (χ0n) is 14.9. The third-order valence-corrected chi connectivity index (χ3v) is 5.44. The van der Waals surface area contributed by atoms with Crippen LogP contribution in [0.1, 0.15) is 17.7 Å². The van der Waals surface area contributed by atoms with Crippen LogP contribution in [0.25, 0.3) is 10.9 Å². The molecule has 1 amide bonds. The summed E-state index contributed by atoms with van der Waals surface area (Å²) in [7, 11) is 1.68. The first-order valence-electron chi connectivity index (χ1n) is 8.85. The first-order chi connectivity index (χ1) is 12.6. The van der Waals surface area contributed by atoms with E-state index in [1.54, 1.807) is 7.11 Å². The summed E-state index contributed by atoms with van der Waals surface area (Å²) < 4.78 is 5.44. The minimum Gasteiger partial charge on any atom is -0.496 e. The van der Waals surface area contributed by atoms with Gasteiger partial charge in [-0.25, -0.2) is 0 Å². The summed E-state index contributed by atoms with van der Waals surface area (Å²) in [5, 5.41) is 1.08. The standard InChI is InChI=1S/C21H23N3O2/c1-26-19-9-5-8-18-17(19)12-16(23-18)13-24-11-10-21(14-24,20(22)25)15-6-3-2-4-7-15/h2-9,12,23H,10-11,13-14H2,1H3,(H2,22,25). The van der Waals surface area contributed by atoms with Gasteiger partial charge in [0.25, 0.3) is 0 Å². The molecule has 2 aromatic carbocycles. The average Bonchev–Trinajstić information content (AvgIpc) is 3.27. The molecule has 26 heavy (non-hydrogen) atoms. The van der Waals surface area contributed by atoms with Gasteiger partial charge in [0.15, 0.2) is 0 Å². The van der Waals surface area contributed by atoms with Crippen molar-refractivity contribution in [2.75, 3.05) is 20.2 Å². The van der Waals surface area contributed by atoms with Crippen molar-refractivity contribution in [2.24, 2.45) is 5.73 Å². The summed E-state index contributed by atoms with van der Waals surface area (Å²) in [6.45, 7) is 2.23. The number of rotatable bonds is 5. The Balaban J connectivity index is 1.58. The van der Waals surface area contributed by atoms with Crippen LogP contribution >= 0.6 is 0 Å². The number of fused-ring (bicyclic) bond motifs is 1. The number of ether oxygens (including phenoxy) is 1. The van der Waals surface area contributed by atoms with E-state index >= 15 is 0 Å². The van der Waals surface area contributed by atoms with Crippen LogP contribution in [0, 0.1) is 0 Å². The first-order valence-corrected chi connectivity index (χ1v) is 8.85. The fourth-order valence-electron chi connectivity index (χ4n) is 4.05. The molecular weight excluding hydrogens is 326 g/mol. The van der Waals surface area contributed by atoms with E-state index in [2.05, 4.69) is 16.0 Å². The van der Waals surface area contributed by atoms with E-state index in [0.717, 1.165) is 47.4 Å². The minimum absolute atomic E-state index is 0.246. The zero-order chi connectivity index (χ0) is 18.1. The topological polar surface area (TPSA) is 71.3 Å². The van der Waals surface area contributed by atoms with Gasteiger partial charge in [-0.2, -0.15) is 0 Å². The van der Waals surface area contributed by atoms with Crippen molar-refractivity contribution in [1.82, 2.24) is 9.88 Å². The van der Waals surface area contributed by atoms with Gasteiger partial charge in [-0.15, -0.1) is 0 Å². The Hall–Kier alpha value is -2.79. The molecule has 1 aromatic heterocycles. The highest BCUT2D eigenvalue weighted by atomic mass is 16.5. The second-order valence-electron chi connectivity index (χ2n) is 6.99. The van der Waals surface area contributed by atoms with Crippen molar-refractivity contribution < 1.29 is 9.53 Å². The van der Waals surface area contributed by atoms with E-state index in [-0.39, 0.29) is 5.91 Å². The maximum Gasteiger partial charge on any atom is 0.229 e. The number of aromatic nitrogens is 1. The van der Waals surface area contributed by atoms with Gasteiger partial charge in [-0.05, 0) is 30.2 Å². The number of likely N-dealkylation sites (tertiary alicyclic amines) is 1. The van der Waals surface area contributed by atoms with Gasteiger partial charge in [-0.3, -0.25) is 9.69 Å².